The molecule has 3 rings (SSSR count). The number of aliphatic hydroxyl groups excluding tert-OH is 1. The largest absolute Gasteiger partial charge is 0.469 e. The van der Waals surface area contributed by atoms with Gasteiger partial charge in [0.2, 0.25) is 0 Å². The summed E-state index contributed by atoms with van der Waals surface area (Å²) in [4.78, 5) is 0. The molecule has 2 nitrogen and oxygen atoms in total. The molecule has 0 aliphatic heterocycles. The number of benzene rings is 1. The highest BCUT2D eigenvalue weighted by Gasteiger charge is 2.22. The molecule has 1 aromatic heterocycles. The summed E-state index contributed by atoms with van der Waals surface area (Å²) in [6.07, 6.45) is 7.57. The molecule has 1 aliphatic carbocycles. The first kappa shape index (κ1) is 13.4. The van der Waals surface area contributed by atoms with Crippen LogP contribution in [-0.2, 0) is 12.8 Å². The first-order chi connectivity index (χ1) is 9.83. The highest BCUT2D eigenvalue weighted by atomic mass is 16.3. The summed E-state index contributed by atoms with van der Waals surface area (Å²) in [7, 11) is 0. The summed E-state index contributed by atoms with van der Waals surface area (Å²) < 4.78 is 5.32. The molecule has 1 aliphatic rings. The Kier molecular flexibility index (Phi) is 4.22. The fourth-order valence-electron chi connectivity index (χ4n) is 3.31. The van der Waals surface area contributed by atoms with E-state index in [1.54, 1.807) is 6.26 Å². The zero-order valence-corrected chi connectivity index (χ0v) is 11.8. The van der Waals surface area contributed by atoms with E-state index in [1.165, 1.54) is 30.4 Å². The van der Waals surface area contributed by atoms with Crippen molar-refractivity contribution in [2.24, 2.45) is 0 Å². The van der Waals surface area contributed by atoms with Crippen LogP contribution < -0.4 is 0 Å². The molecular weight excluding hydrogens is 248 g/mol. The SMILES string of the molecule is OC(CCc1ccco1)CC1CCCc2ccccc21. The molecule has 1 heterocycles. The number of hydrogen-bond acceptors (Lipinski definition) is 2. The van der Waals surface area contributed by atoms with Crippen LogP contribution in [0.25, 0.3) is 0 Å². The van der Waals surface area contributed by atoms with Crippen LogP contribution in [0.1, 0.15) is 48.5 Å². The number of furan rings is 1. The predicted octanol–water partition coefficient (Wildman–Crippen LogP) is 4.08. The predicted molar refractivity (Wildman–Crippen MR) is 79.8 cm³/mol. The first-order valence-corrected chi connectivity index (χ1v) is 7.61. The standard InChI is InChI=1S/C18H22O2/c19-16(10-11-17-8-4-12-20-17)13-15-7-3-6-14-5-1-2-9-18(14)15/h1-2,4-5,8-9,12,15-16,19H,3,6-7,10-11,13H2. The normalized spacial score (nSPS) is 19.6. The van der Waals surface area contributed by atoms with Crippen molar-refractivity contribution < 1.29 is 9.52 Å². The molecule has 2 heteroatoms. The van der Waals surface area contributed by atoms with Gasteiger partial charge in [-0.25, -0.2) is 0 Å². The molecule has 0 bridgehead atoms. The van der Waals surface area contributed by atoms with Crippen LogP contribution in [0.5, 0.6) is 0 Å². The Morgan fingerprint density at radius 2 is 2.10 bits per heavy atom. The van der Waals surface area contributed by atoms with Gasteiger partial charge >= 0.3 is 0 Å². The van der Waals surface area contributed by atoms with E-state index < -0.39 is 0 Å². The van der Waals surface area contributed by atoms with Crippen LogP contribution in [0.3, 0.4) is 0 Å². The second-order valence-corrected chi connectivity index (χ2v) is 5.80. The van der Waals surface area contributed by atoms with Crippen molar-refractivity contribution in [1.29, 1.82) is 0 Å². The quantitative estimate of drug-likeness (QED) is 0.888. The van der Waals surface area contributed by atoms with E-state index in [-0.39, 0.29) is 6.10 Å². The third kappa shape index (κ3) is 3.13. The highest BCUT2D eigenvalue weighted by molar-refractivity contribution is 5.32. The first-order valence-electron chi connectivity index (χ1n) is 7.61. The topological polar surface area (TPSA) is 33.4 Å². The maximum Gasteiger partial charge on any atom is 0.103 e. The Hall–Kier alpha value is -1.54. The summed E-state index contributed by atoms with van der Waals surface area (Å²) in [6.45, 7) is 0. The molecule has 1 N–H and O–H groups in total. The summed E-state index contributed by atoms with van der Waals surface area (Å²) in [6, 6.07) is 12.6. The number of aliphatic hydroxyl groups is 1. The third-order valence-corrected chi connectivity index (χ3v) is 4.35. The minimum atomic E-state index is -0.240. The number of aryl methyl sites for hydroxylation is 2. The van der Waals surface area contributed by atoms with Gasteiger partial charge in [-0.15, -0.1) is 0 Å². The fourth-order valence-corrected chi connectivity index (χ4v) is 3.31. The van der Waals surface area contributed by atoms with Gasteiger partial charge in [0.1, 0.15) is 5.76 Å². The van der Waals surface area contributed by atoms with Crippen LogP contribution in [0, 0.1) is 0 Å². The summed E-state index contributed by atoms with van der Waals surface area (Å²) >= 11 is 0. The van der Waals surface area contributed by atoms with Crippen molar-refractivity contribution in [2.75, 3.05) is 0 Å². The zero-order chi connectivity index (χ0) is 13.8. The second kappa shape index (κ2) is 6.27. The Morgan fingerprint density at radius 1 is 1.20 bits per heavy atom. The smallest absolute Gasteiger partial charge is 0.103 e. The molecule has 0 saturated heterocycles. The van der Waals surface area contributed by atoms with Gasteiger partial charge in [0.25, 0.3) is 0 Å². The number of hydrogen-bond donors (Lipinski definition) is 1. The molecule has 0 saturated carbocycles. The summed E-state index contributed by atoms with van der Waals surface area (Å²) in [5.74, 6) is 1.49. The maximum atomic E-state index is 10.3. The average Bonchev–Trinajstić information content (AvgIpc) is 2.99. The Bertz CT molecular complexity index is 530. The molecule has 2 aromatic rings. The average molecular weight is 270 g/mol. The molecule has 2 atom stereocenters. The van der Waals surface area contributed by atoms with Crippen LogP contribution in [0.15, 0.2) is 47.1 Å². The van der Waals surface area contributed by atoms with E-state index in [4.69, 9.17) is 4.42 Å². The Balaban J connectivity index is 1.58. The van der Waals surface area contributed by atoms with Gasteiger partial charge < -0.3 is 9.52 Å². The maximum absolute atomic E-state index is 10.3. The zero-order valence-electron chi connectivity index (χ0n) is 11.8. The Labute approximate surface area is 120 Å². The lowest BCUT2D eigenvalue weighted by Gasteiger charge is -2.27. The molecule has 0 amide bonds. The molecule has 20 heavy (non-hydrogen) atoms. The van der Waals surface area contributed by atoms with Gasteiger partial charge in [0.05, 0.1) is 12.4 Å². The molecule has 1 aromatic carbocycles. The van der Waals surface area contributed by atoms with Crippen molar-refractivity contribution >= 4 is 0 Å². The van der Waals surface area contributed by atoms with E-state index >= 15 is 0 Å². The van der Waals surface area contributed by atoms with Gasteiger partial charge in [-0.3, -0.25) is 0 Å². The van der Waals surface area contributed by atoms with Crippen molar-refractivity contribution in [1.82, 2.24) is 0 Å². The van der Waals surface area contributed by atoms with Crippen molar-refractivity contribution in [2.45, 2.75) is 50.5 Å². The van der Waals surface area contributed by atoms with Crippen molar-refractivity contribution in [3.05, 3.63) is 59.5 Å². The van der Waals surface area contributed by atoms with Gasteiger partial charge in [-0.1, -0.05) is 24.3 Å². The molecule has 2 unspecified atom stereocenters. The lowest BCUT2D eigenvalue weighted by molar-refractivity contribution is 0.140. The minimum absolute atomic E-state index is 0.240. The Morgan fingerprint density at radius 3 is 2.95 bits per heavy atom. The third-order valence-electron chi connectivity index (χ3n) is 4.35. The van der Waals surface area contributed by atoms with E-state index in [2.05, 4.69) is 24.3 Å². The van der Waals surface area contributed by atoms with Gasteiger partial charge in [0.15, 0.2) is 0 Å². The second-order valence-electron chi connectivity index (χ2n) is 5.80. The fraction of sp³-hybridized carbons (Fsp3) is 0.444. The minimum Gasteiger partial charge on any atom is -0.469 e. The van der Waals surface area contributed by atoms with E-state index in [1.807, 2.05) is 12.1 Å². The summed E-state index contributed by atoms with van der Waals surface area (Å²) in [5.41, 5.74) is 2.93. The van der Waals surface area contributed by atoms with Crippen molar-refractivity contribution in [3.8, 4) is 0 Å². The molecule has 0 fully saturated rings. The van der Waals surface area contributed by atoms with Crippen LogP contribution in [0.2, 0.25) is 0 Å². The highest BCUT2D eigenvalue weighted by Crippen LogP contribution is 2.35. The lowest BCUT2D eigenvalue weighted by Crippen LogP contribution is -2.17. The number of rotatable bonds is 5. The number of fused-ring (bicyclic) bond motifs is 1. The van der Waals surface area contributed by atoms with E-state index in [0.717, 1.165) is 25.0 Å². The van der Waals surface area contributed by atoms with Gasteiger partial charge in [0, 0.05) is 6.42 Å². The van der Waals surface area contributed by atoms with Gasteiger partial charge in [-0.05, 0) is 61.3 Å². The molecule has 0 radical (unpaired) electrons. The van der Waals surface area contributed by atoms with E-state index in [0.29, 0.717) is 5.92 Å². The van der Waals surface area contributed by atoms with Gasteiger partial charge in [-0.2, -0.15) is 0 Å². The van der Waals surface area contributed by atoms with Crippen molar-refractivity contribution in [3.63, 3.8) is 0 Å². The molecule has 0 spiro atoms. The van der Waals surface area contributed by atoms with Crippen LogP contribution >= 0.6 is 0 Å². The molecule has 106 valence electrons. The van der Waals surface area contributed by atoms with E-state index in [9.17, 15) is 5.11 Å². The monoisotopic (exact) mass is 270 g/mol. The lowest BCUT2D eigenvalue weighted by atomic mass is 9.79. The van der Waals surface area contributed by atoms with Crippen LogP contribution in [-0.4, -0.2) is 11.2 Å². The molecular formula is C18H22O2. The summed E-state index contributed by atoms with van der Waals surface area (Å²) in [5, 5.41) is 10.3. The van der Waals surface area contributed by atoms with Crippen LogP contribution in [0.4, 0.5) is 0 Å².